The second-order valence-electron chi connectivity index (χ2n) is 17.6. The van der Waals surface area contributed by atoms with Crippen LogP contribution in [0.15, 0.2) is 197 Å². The monoisotopic (exact) mass is 792 g/mol. The Morgan fingerprint density at radius 1 is 0.419 bits per heavy atom. The van der Waals surface area contributed by atoms with E-state index in [9.17, 15) is 0 Å². The summed E-state index contributed by atoms with van der Waals surface area (Å²) in [5.74, 6) is 0. The SMILES string of the molecule is CC1(C)c2ccccc2-c2ccc3c(oc4c(N5c6ccccc6B6c7ccccc7N(c7ccc(-c8ccc9oc%10ccccc%10c9c8)cc7)c7cccc5c76)cccc43)c21. The van der Waals surface area contributed by atoms with E-state index in [-0.39, 0.29) is 12.1 Å². The number of para-hydroxylation sites is 4. The fourth-order valence-electron chi connectivity index (χ4n) is 11.3. The van der Waals surface area contributed by atoms with Gasteiger partial charge in [0.2, 0.25) is 0 Å². The Morgan fingerprint density at radius 2 is 1.03 bits per heavy atom. The summed E-state index contributed by atoms with van der Waals surface area (Å²) in [5, 5.41) is 4.56. The molecule has 0 saturated heterocycles. The predicted molar refractivity (Wildman–Crippen MR) is 258 cm³/mol. The maximum atomic E-state index is 7.25. The lowest BCUT2D eigenvalue weighted by Gasteiger charge is -2.43. The first-order chi connectivity index (χ1) is 30.5. The maximum absolute atomic E-state index is 7.25. The molecule has 62 heavy (non-hydrogen) atoms. The van der Waals surface area contributed by atoms with E-state index in [0.29, 0.717) is 0 Å². The predicted octanol–water partition coefficient (Wildman–Crippen LogP) is 13.5. The fraction of sp³-hybridized carbons (Fsp3) is 0.0526. The minimum atomic E-state index is -0.194. The number of hydrogen-bond donors (Lipinski definition) is 0. The van der Waals surface area contributed by atoms with Crippen molar-refractivity contribution in [1.29, 1.82) is 0 Å². The summed E-state index contributed by atoms with van der Waals surface area (Å²) in [6.45, 7) is 4.72. The molecule has 11 aromatic rings. The molecule has 0 radical (unpaired) electrons. The van der Waals surface area contributed by atoms with Crippen LogP contribution in [0.2, 0.25) is 0 Å². The third-order valence-corrected chi connectivity index (χ3v) is 14.0. The average Bonchev–Trinajstić information content (AvgIpc) is 3.96. The van der Waals surface area contributed by atoms with Gasteiger partial charge in [-0.1, -0.05) is 135 Å². The van der Waals surface area contributed by atoms with Gasteiger partial charge in [0.05, 0.1) is 5.69 Å². The lowest BCUT2D eigenvalue weighted by atomic mass is 9.33. The zero-order valence-corrected chi connectivity index (χ0v) is 34.2. The molecule has 4 heterocycles. The van der Waals surface area contributed by atoms with Gasteiger partial charge in [-0.25, -0.2) is 0 Å². The van der Waals surface area contributed by atoms with Gasteiger partial charge in [0.15, 0.2) is 5.58 Å². The lowest BCUT2D eigenvalue weighted by molar-refractivity contribution is 0.620. The third kappa shape index (κ3) is 4.42. The van der Waals surface area contributed by atoms with Crippen LogP contribution in [0.4, 0.5) is 34.1 Å². The zero-order chi connectivity index (χ0) is 40.8. The Morgan fingerprint density at radius 3 is 1.87 bits per heavy atom. The third-order valence-electron chi connectivity index (χ3n) is 14.0. The van der Waals surface area contributed by atoms with Crippen LogP contribution in [0, 0.1) is 0 Å². The lowest BCUT2D eigenvalue weighted by Crippen LogP contribution is -2.61. The molecule has 0 bridgehead atoms. The second kappa shape index (κ2) is 12.2. The van der Waals surface area contributed by atoms with E-state index in [2.05, 4.69) is 200 Å². The first kappa shape index (κ1) is 34.0. The van der Waals surface area contributed by atoms with Gasteiger partial charge < -0.3 is 18.6 Å². The Kier molecular flexibility index (Phi) is 6.68. The van der Waals surface area contributed by atoms with E-state index >= 15 is 0 Å². The minimum absolute atomic E-state index is 0.0503. The van der Waals surface area contributed by atoms with Crippen LogP contribution < -0.4 is 26.2 Å². The number of furan rings is 2. The Hall–Kier alpha value is -7.76. The van der Waals surface area contributed by atoms with Crippen molar-refractivity contribution < 1.29 is 8.83 Å². The highest BCUT2D eigenvalue weighted by Crippen LogP contribution is 2.54. The van der Waals surface area contributed by atoms with Crippen molar-refractivity contribution in [2.45, 2.75) is 19.3 Å². The molecule has 2 aliphatic heterocycles. The molecule has 0 unspecified atom stereocenters. The van der Waals surface area contributed by atoms with Crippen LogP contribution in [-0.4, -0.2) is 6.71 Å². The van der Waals surface area contributed by atoms with Crippen molar-refractivity contribution in [2.75, 3.05) is 9.80 Å². The van der Waals surface area contributed by atoms with Gasteiger partial charge in [0, 0.05) is 61.0 Å². The van der Waals surface area contributed by atoms with Gasteiger partial charge in [-0.3, -0.25) is 0 Å². The fourth-order valence-corrected chi connectivity index (χ4v) is 11.3. The van der Waals surface area contributed by atoms with Gasteiger partial charge >= 0.3 is 0 Å². The molecule has 1 aliphatic carbocycles. The summed E-state index contributed by atoms with van der Waals surface area (Å²) in [5.41, 5.74) is 21.7. The van der Waals surface area contributed by atoms with Crippen LogP contribution in [0.25, 0.3) is 66.1 Å². The van der Waals surface area contributed by atoms with E-state index in [1.165, 1.54) is 55.7 Å². The standard InChI is InChI=1S/C57H37BN2O2/c1-57(2)43-16-5-3-13-37(43)39-30-31-41-40-15-11-23-50(55(40)62-56(41)53(39)57)60-47-20-9-7-18-45(47)58-44-17-6-8-19-46(44)59(48-21-12-22-49(60)54(48)58)36-28-25-34(26-29-36)35-27-32-52-42(33-35)38-14-4-10-24-51(38)61-52/h3-33H,1-2H3. The molecule has 3 aliphatic rings. The minimum Gasteiger partial charge on any atom is -0.456 e. The highest BCUT2D eigenvalue weighted by molar-refractivity contribution is 7.00. The molecule has 0 spiro atoms. The molecule has 290 valence electrons. The van der Waals surface area contributed by atoms with E-state index in [1.807, 2.05) is 12.1 Å². The smallest absolute Gasteiger partial charge is 0.252 e. The van der Waals surface area contributed by atoms with Crippen LogP contribution >= 0.6 is 0 Å². The summed E-state index contributed by atoms with van der Waals surface area (Å²) in [7, 11) is 0. The molecule has 14 rings (SSSR count). The molecule has 0 amide bonds. The molecule has 9 aromatic carbocycles. The van der Waals surface area contributed by atoms with Crippen molar-refractivity contribution in [3.8, 4) is 22.3 Å². The first-order valence-corrected chi connectivity index (χ1v) is 21.5. The topological polar surface area (TPSA) is 32.8 Å². The van der Waals surface area contributed by atoms with Crippen molar-refractivity contribution in [3.05, 3.63) is 199 Å². The van der Waals surface area contributed by atoms with Crippen molar-refractivity contribution in [1.82, 2.24) is 0 Å². The molecule has 4 nitrogen and oxygen atoms in total. The molecular formula is C57H37BN2O2. The highest BCUT2D eigenvalue weighted by atomic mass is 16.3. The number of hydrogen-bond acceptors (Lipinski definition) is 4. The van der Waals surface area contributed by atoms with E-state index in [1.54, 1.807) is 0 Å². The molecule has 0 N–H and O–H groups in total. The van der Waals surface area contributed by atoms with Crippen LogP contribution in [0.1, 0.15) is 25.0 Å². The van der Waals surface area contributed by atoms with E-state index in [4.69, 9.17) is 8.83 Å². The number of fused-ring (bicyclic) bond motifs is 14. The largest absolute Gasteiger partial charge is 0.456 e. The van der Waals surface area contributed by atoms with E-state index < -0.39 is 0 Å². The average molecular weight is 793 g/mol. The number of rotatable bonds is 3. The molecule has 0 saturated carbocycles. The first-order valence-electron chi connectivity index (χ1n) is 21.5. The number of benzene rings is 9. The maximum Gasteiger partial charge on any atom is 0.252 e. The van der Waals surface area contributed by atoms with E-state index in [0.717, 1.165) is 72.1 Å². The second-order valence-corrected chi connectivity index (χ2v) is 17.6. The Labute approximate surface area is 359 Å². The van der Waals surface area contributed by atoms with Crippen LogP contribution in [-0.2, 0) is 5.41 Å². The Balaban J connectivity index is 0.945. The van der Waals surface area contributed by atoms with Crippen LogP contribution in [0.3, 0.4) is 0 Å². The molecule has 0 atom stereocenters. The molecule has 2 aromatic heterocycles. The summed E-state index contributed by atoms with van der Waals surface area (Å²) < 4.78 is 13.4. The van der Waals surface area contributed by atoms with Crippen LogP contribution in [0.5, 0.6) is 0 Å². The molecule has 5 heteroatoms. The Bertz CT molecular complexity index is 3710. The molecule has 0 fully saturated rings. The molecular weight excluding hydrogens is 755 g/mol. The highest BCUT2D eigenvalue weighted by Gasteiger charge is 2.44. The summed E-state index contributed by atoms with van der Waals surface area (Å²) in [6.07, 6.45) is 0. The zero-order valence-electron chi connectivity index (χ0n) is 34.2. The number of nitrogens with zero attached hydrogens (tertiary/aromatic N) is 2. The quantitative estimate of drug-likeness (QED) is 0.167. The summed E-state index contributed by atoms with van der Waals surface area (Å²) in [4.78, 5) is 4.92. The van der Waals surface area contributed by atoms with Crippen molar-refractivity contribution in [3.63, 3.8) is 0 Å². The van der Waals surface area contributed by atoms with Crippen molar-refractivity contribution >= 4 is 101 Å². The van der Waals surface area contributed by atoms with Gasteiger partial charge in [-0.05, 0) is 111 Å². The van der Waals surface area contributed by atoms with Gasteiger partial charge in [-0.2, -0.15) is 0 Å². The summed E-state index contributed by atoms with van der Waals surface area (Å²) >= 11 is 0. The van der Waals surface area contributed by atoms with Gasteiger partial charge in [-0.15, -0.1) is 0 Å². The summed E-state index contributed by atoms with van der Waals surface area (Å²) in [6, 6.07) is 68.6. The normalized spacial score (nSPS) is 14.3. The van der Waals surface area contributed by atoms with Gasteiger partial charge in [0.1, 0.15) is 16.7 Å². The van der Waals surface area contributed by atoms with Crippen molar-refractivity contribution in [2.24, 2.45) is 0 Å². The van der Waals surface area contributed by atoms with Gasteiger partial charge in [0.25, 0.3) is 6.71 Å². The number of anilines is 6.